The molecule has 0 aliphatic carbocycles. The average Bonchev–Trinajstić information content (AvgIpc) is 2.70. The van der Waals surface area contributed by atoms with E-state index in [1.807, 2.05) is 12.1 Å². The van der Waals surface area contributed by atoms with Gasteiger partial charge in [-0.3, -0.25) is 9.59 Å². The van der Waals surface area contributed by atoms with Crippen molar-refractivity contribution in [2.75, 3.05) is 26.1 Å². The van der Waals surface area contributed by atoms with E-state index in [0.29, 0.717) is 22.9 Å². The van der Waals surface area contributed by atoms with E-state index < -0.39 is 18.5 Å². The number of ether oxygens (including phenoxy) is 3. The van der Waals surface area contributed by atoms with Crippen LogP contribution in [0.1, 0.15) is 17.5 Å². The molecule has 28 heavy (non-hydrogen) atoms. The fraction of sp³-hybridized carbons (Fsp3) is 0.250. The van der Waals surface area contributed by atoms with E-state index in [-0.39, 0.29) is 17.7 Å². The van der Waals surface area contributed by atoms with Gasteiger partial charge in [0.25, 0.3) is 5.91 Å². The first-order valence-corrected chi connectivity index (χ1v) is 8.70. The number of esters is 1. The molecule has 8 heteroatoms. The Kier molecular flexibility index (Phi) is 7.66. The summed E-state index contributed by atoms with van der Waals surface area (Å²) in [5.74, 6) is 0.0978. The van der Waals surface area contributed by atoms with Crippen LogP contribution >= 0.6 is 11.6 Å². The summed E-state index contributed by atoms with van der Waals surface area (Å²) < 4.78 is 15.4. The normalized spacial score (nSPS) is 9.93. The summed E-state index contributed by atoms with van der Waals surface area (Å²) in [4.78, 5) is 23.8. The molecule has 1 N–H and O–H groups in total. The number of anilines is 1. The lowest BCUT2D eigenvalue weighted by Crippen LogP contribution is -2.21. The molecule has 1 amide bonds. The zero-order chi connectivity index (χ0) is 20.5. The molecule has 0 radical (unpaired) electrons. The predicted molar refractivity (Wildman–Crippen MR) is 104 cm³/mol. The van der Waals surface area contributed by atoms with Crippen LogP contribution in [-0.2, 0) is 20.7 Å². The van der Waals surface area contributed by atoms with E-state index in [1.54, 1.807) is 25.3 Å². The number of nitrogens with one attached hydrogen (secondary N) is 1. The van der Waals surface area contributed by atoms with Crippen LogP contribution in [0.3, 0.4) is 0 Å². The first-order chi connectivity index (χ1) is 13.5. The molecule has 0 saturated carbocycles. The third-order valence-corrected chi connectivity index (χ3v) is 4.04. The van der Waals surface area contributed by atoms with Gasteiger partial charge < -0.3 is 19.5 Å². The van der Waals surface area contributed by atoms with Crippen LogP contribution in [0.5, 0.6) is 11.5 Å². The van der Waals surface area contributed by atoms with Gasteiger partial charge in [-0.15, -0.1) is 0 Å². The molecule has 2 rings (SSSR count). The first kappa shape index (κ1) is 21.1. The Morgan fingerprint density at radius 2 is 1.86 bits per heavy atom. The predicted octanol–water partition coefficient (Wildman–Crippen LogP) is 3.34. The number of nitriles is 1. The number of rotatable bonds is 8. The zero-order valence-electron chi connectivity index (χ0n) is 15.5. The smallest absolute Gasteiger partial charge is 0.306 e. The minimum absolute atomic E-state index is 0.101. The van der Waals surface area contributed by atoms with Gasteiger partial charge in [0.1, 0.15) is 6.07 Å². The largest absolute Gasteiger partial charge is 0.493 e. The maximum absolute atomic E-state index is 12.0. The molecule has 0 unspecified atom stereocenters. The van der Waals surface area contributed by atoms with Crippen molar-refractivity contribution in [1.82, 2.24) is 0 Å². The van der Waals surface area contributed by atoms with E-state index in [9.17, 15) is 9.59 Å². The molecule has 0 heterocycles. The number of hydrogen-bond acceptors (Lipinski definition) is 6. The molecule has 2 aromatic carbocycles. The number of amides is 1. The standard InChI is InChI=1S/C20H19ClN2O5/c1-26-17-7-3-13(9-18(17)27-2)4-8-20(25)28-12-19(24)23-16-10-15(21)6-5-14(16)11-22/h3,5-7,9-10H,4,8,12H2,1-2H3,(H,23,24). The Hall–Kier alpha value is -3.24. The number of carbonyl (C=O) groups excluding carboxylic acids is 2. The average molecular weight is 403 g/mol. The highest BCUT2D eigenvalue weighted by Crippen LogP contribution is 2.28. The van der Waals surface area contributed by atoms with Crippen molar-refractivity contribution < 1.29 is 23.8 Å². The topological polar surface area (TPSA) is 97.6 Å². The van der Waals surface area contributed by atoms with Crippen LogP contribution in [0, 0.1) is 11.3 Å². The SMILES string of the molecule is COc1ccc(CCC(=O)OCC(=O)Nc2cc(Cl)ccc2C#N)cc1OC. The molecule has 0 spiro atoms. The zero-order valence-corrected chi connectivity index (χ0v) is 16.2. The maximum atomic E-state index is 12.0. The lowest BCUT2D eigenvalue weighted by atomic mass is 10.1. The summed E-state index contributed by atoms with van der Waals surface area (Å²) in [5.41, 5.74) is 1.40. The molecule has 146 valence electrons. The Balaban J connectivity index is 1.83. The second-order valence-electron chi connectivity index (χ2n) is 5.70. The van der Waals surface area contributed by atoms with E-state index in [1.165, 1.54) is 19.2 Å². The van der Waals surface area contributed by atoms with Crippen LogP contribution < -0.4 is 14.8 Å². The number of nitrogens with zero attached hydrogens (tertiary/aromatic N) is 1. The van der Waals surface area contributed by atoms with Crippen molar-refractivity contribution >= 4 is 29.2 Å². The molecule has 0 atom stereocenters. The van der Waals surface area contributed by atoms with Crippen molar-refractivity contribution in [2.24, 2.45) is 0 Å². The number of aryl methyl sites for hydroxylation is 1. The lowest BCUT2D eigenvalue weighted by Gasteiger charge is -2.10. The molecule has 2 aromatic rings. The van der Waals surface area contributed by atoms with Crippen molar-refractivity contribution in [3.8, 4) is 17.6 Å². The van der Waals surface area contributed by atoms with Crippen LogP contribution in [0.25, 0.3) is 0 Å². The van der Waals surface area contributed by atoms with Gasteiger partial charge >= 0.3 is 5.97 Å². The van der Waals surface area contributed by atoms with Gasteiger partial charge in [0, 0.05) is 11.4 Å². The van der Waals surface area contributed by atoms with Gasteiger partial charge in [0.15, 0.2) is 18.1 Å². The molecule has 0 aliphatic rings. The summed E-state index contributed by atoms with van der Waals surface area (Å²) in [6.07, 6.45) is 0.525. The van der Waals surface area contributed by atoms with Gasteiger partial charge in [-0.1, -0.05) is 17.7 Å². The fourth-order valence-electron chi connectivity index (χ4n) is 2.40. The molecular formula is C20H19ClN2O5. The molecule has 7 nitrogen and oxygen atoms in total. The van der Waals surface area contributed by atoms with Gasteiger partial charge in [0.05, 0.1) is 25.5 Å². The fourth-order valence-corrected chi connectivity index (χ4v) is 2.58. The second kappa shape index (κ2) is 10.2. The summed E-state index contributed by atoms with van der Waals surface area (Å²) >= 11 is 5.86. The highest BCUT2D eigenvalue weighted by Gasteiger charge is 2.12. The molecule has 0 bridgehead atoms. The van der Waals surface area contributed by atoms with Crippen LogP contribution in [0.2, 0.25) is 5.02 Å². The first-order valence-electron chi connectivity index (χ1n) is 8.33. The van der Waals surface area contributed by atoms with E-state index in [4.69, 9.17) is 31.1 Å². The van der Waals surface area contributed by atoms with Crippen LogP contribution in [0.15, 0.2) is 36.4 Å². The molecule has 0 aromatic heterocycles. The van der Waals surface area contributed by atoms with Crippen molar-refractivity contribution in [2.45, 2.75) is 12.8 Å². The Morgan fingerprint density at radius 1 is 1.11 bits per heavy atom. The maximum Gasteiger partial charge on any atom is 0.306 e. The number of carbonyl (C=O) groups is 2. The Labute approximate surface area is 167 Å². The van der Waals surface area contributed by atoms with Gasteiger partial charge in [-0.05, 0) is 42.3 Å². The number of hydrogen-bond donors (Lipinski definition) is 1. The summed E-state index contributed by atoms with van der Waals surface area (Å²) in [6.45, 7) is -0.456. The van der Waals surface area contributed by atoms with Crippen LogP contribution in [-0.4, -0.2) is 32.7 Å². The third-order valence-electron chi connectivity index (χ3n) is 3.81. The van der Waals surface area contributed by atoms with Crippen LogP contribution in [0.4, 0.5) is 5.69 Å². The summed E-state index contributed by atoms with van der Waals surface area (Å²) in [7, 11) is 3.08. The minimum atomic E-state index is -0.557. The van der Waals surface area contributed by atoms with Crippen molar-refractivity contribution in [3.63, 3.8) is 0 Å². The Morgan fingerprint density at radius 3 is 2.54 bits per heavy atom. The minimum Gasteiger partial charge on any atom is -0.493 e. The quantitative estimate of drug-likeness (QED) is 0.680. The summed E-state index contributed by atoms with van der Waals surface area (Å²) in [5, 5.41) is 11.9. The molecule has 0 aliphatic heterocycles. The molecule has 0 fully saturated rings. The number of halogens is 1. The molecular weight excluding hydrogens is 384 g/mol. The molecule has 0 saturated heterocycles. The third kappa shape index (κ3) is 5.89. The van der Waals surface area contributed by atoms with Crippen molar-refractivity contribution in [1.29, 1.82) is 5.26 Å². The Bertz CT molecular complexity index is 908. The van der Waals surface area contributed by atoms with E-state index in [2.05, 4.69) is 5.32 Å². The lowest BCUT2D eigenvalue weighted by molar-refractivity contribution is -0.147. The van der Waals surface area contributed by atoms with E-state index >= 15 is 0 Å². The number of benzene rings is 2. The highest BCUT2D eigenvalue weighted by atomic mass is 35.5. The second-order valence-corrected chi connectivity index (χ2v) is 6.14. The van der Waals surface area contributed by atoms with Crippen molar-refractivity contribution in [3.05, 3.63) is 52.5 Å². The monoisotopic (exact) mass is 402 g/mol. The van der Waals surface area contributed by atoms with Gasteiger partial charge in [0.2, 0.25) is 0 Å². The summed E-state index contributed by atoms with van der Waals surface area (Å²) in [6, 6.07) is 11.8. The highest BCUT2D eigenvalue weighted by molar-refractivity contribution is 6.31. The number of methoxy groups -OCH3 is 2. The van der Waals surface area contributed by atoms with Gasteiger partial charge in [-0.2, -0.15) is 5.26 Å². The van der Waals surface area contributed by atoms with E-state index in [0.717, 1.165) is 5.56 Å². The van der Waals surface area contributed by atoms with Gasteiger partial charge in [-0.25, -0.2) is 0 Å².